The molecule has 2 aromatic carbocycles. The summed E-state index contributed by atoms with van der Waals surface area (Å²) in [7, 11) is 1.47. The van der Waals surface area contributed by atoms with Gasteiger partial charge in [0.25, 0.3) is 5.91 Å². The van der Waals surface area contributed by atoms with Crippen molar-refractivity contribution >= 4 is 23.7 Å². The van der Waals surface area contributed by atoms with E-state index < -0.39 is 0 Å². The first kappa shape index (κ1) is 17.2. The van der Waals surface area contributed by atoms with Gasteiger partial charge in [0, 0.05) is 16.8 Å². The van der Waals surface area contributed by atoms with Gasteiger partial charge in [0.1, 0.15) is 6.29 Å². The van der Waals surface area contributed by atoms with Gasteiger partial charge in [0.15, 0.2) is 23.9 Å². The molecule has 0 bridgehead atoms. The topological polar surface area (TPSA) is 81.7 Å². The lowest BCUT2D eigenvalue weighted by molar-refractivity contribution is -0.118. The Kier molecular flexibility index (Phi) is 5.68. The zero-order chi connectivity index (χ0) is 17.5. The quantitative estimate of drug-likeness (QED) is 0.624. The number of hydrogen-bond acceptors (Lipinski definition) is 5. The van der Waals surface area contributed by atoms with E-state index >= 15 is 0 Å². The molecule has 6 nitrogen and oxygen atoms in total. The number of carbonyl (C=O) groups is 3. The Labute approximate surface area is 139 Å². The highest BCUT2D eigenvalue weighted by atomic mass is 16.5. The third-order valence-electron chi connectivity index (χ3n) is 3.26. The smallest absolute Gasteiger partial charge is 0.262 e. The maximum atomic E-state index is 11.9. The molecule has 6 heteroatoms. The van der Waals surface area contributed by atoms with E-state index in [4.69, 9.17) is 9.47 Å². The van der Waals surface area contributed by atoms with Crippen molar-refractivity contribution in [2.24, 2.45) is 0 Å². The Bertz CT molecular complexity index is 753. The van der Waals surface area contributed by atoms with Crippen LogP contribution in [-0.4, -0.2) is 31.7 Å². The van der Waals surface area contributed by atoms with Crippen molar-refractivity contribution in [1.82, 2.24) is 0 Å². The van der Waals surface area contributed by atoms with Crippen LogP contribution in [0.1, 0.15) is 27.6 Å². The SMILES string of the molecule is COc1ccc(C=O)cc1OCC(=O)Nc1ccc(C(C)=O)cc1. The number of ether oxygens (including phenoxy) is 2. The Balaban J connectivity index is 1.98. The predicted molar refractivity (Wildman–Crippen MR) is 89.0 cm³/mol. The normalized spacial score (nSPS) is 9.92. The van der Waals surface area contributed by atoms with Crippen molar-refractivity contribution in [1.29, 1.82) is 0 Å². The Morgan fingerprint density at radius 2 is 1.79 bits per heavy atom. The van der Waals surface area contributed by atoms with Crippen LogP contribution < -0.4 is 14.8 Å². The zero-order valence-corrected chi connectivity index (χ0v) is 13.4. The van der Waals surface area contributed by atoms with Gasteiger partial charge in [0.2, 0.25) is 0 Å². The van der Waals surface area contributed by atoms with E-state index in [1.54, 1.807) is 36.4 Å². The highest BCUT2D eigenvalue weighted by Crippen LogP contribution is 2.27. The molecule has 0 heterocycles. The average molecular weight is 327 g/mol. The standard InChI is InChI=1S/C18H17NO5/c1-12(21)14-4-6-15(7-5-14)19-18(22)11-24-17-9-13(10-20)3-8-16(17)23-2/h3-10H,11H2,1-2H3,(H,19,22). The van der Waals surface area contributed by atoms with Crippen LogP contribution in [0.4, 0.5) is 5.69 Å². The third-order valence-corrected chi connectivity index (χ3v) is 3.26. The molecule has 0 atom stereocenters. The highest BCUT2D eigenvalue weighted by molar-refractivity contribution is 5.96. The fourth-order valence-electron chi connectivity index (χ4n) is 2.01. The van der Waals surface area contributed by atoms with Crippen LogP contribution in [0, 0.1) is 0 Å². The average Bonchev–Trinajstić information content (AvgIpc) is 2.60. The number of methoxy groups -OCH3 is 1. The predicted octanol–water partition coefficient (Wildman–Crippen LogP) is 2.73. The van der Waals surface area contributed by atoms with Crippen LogP contribution in [0.25, 0.3) is 0 Å². The Hall–Kier alpha value is -3.15. The fourth-order valence-corrected chi connectivity index (χ4v) is 2.01. The van der Waals surface area contributed by atoms with Gasteiger partial charge >= 0.3 is 0 Å². The molecule has 2 rings (SSSR count). The van der Waals surface area contributed by atoms with E-state index in [0.29, 0.717) is 34.6 Å². The van der Waals surface area contributed by atoms with Gasteiger partial charge in [-0.1, -0.05) is 0 Å². The summed E-state index contributed by atoms with van der Waals surface area (Å²) in [4.78, 5) is 34.0. The first-order valence-electron chi connectivity index (χ1n) is 7.20. The zero-order valence-electron chi connectivity index (χ0n) is 13.4. The lowest BCUT2D eigenvalue weighted by Gasteiger charge is -2.11. The van der Waals surface area contributed by atoms with E-state index in [9.17, 15) is 14.4 Å². The van der Waals surface area contributed by atoms with E-state index in [-0.39, 0.29) is 18.3 Å². The van der Waals surface area contributed by atoms with E-state index in [0.717, 1.165) is 0 Å². The van der Waals surface area contributed by atoms with Crippen LogP contribution in [0.5, 0.6) is 11.5 Å². The van der Waals surface area contributed by atoms with Crippen molar-refractivity contribution < 1.29 is 23.9 Å². The van der Waals surface area contributed by atoms with Crippen molar-refractivity contribution in [2.45, 2.75) is 6.92 Å². The summed E-state index contributed by atoms with van der Waals surface area (Å²) in [6.07, 6.45) is 0.683. The van der Waals surface area contributed by atoms with Crippen molar-refractivity contribution in [2.75, 3.05) is 19.0 Å². The molecule has 0 aromatic heterocycles. The molecule has 0 unspecified atom stereocenters. The summed E-state index contributed by atoms with van der Waals surface area (Å²) in [6, 6.07) is 11.2. The number of ketones is 1. The van der Waals surface area contributed by atoms with Crippen LogP contribution in [0.2, 0.25) is 0 Å². The largest absolute Gasteiger partial charge is 0.493 e. The summed E-state index contributed by atoms with van der Waals surface area (Å²) in [5.74, 6) is 0.325. The molecule has 0 saturated carbocycles. The summed E-state index contributed by atoms with van der Waals surface area (Å²) >= 11 is 0. The van der Waals surface area contributed by atoms with Gasteiger partial charge in [-0.05, 0) is 49.4 Å². The molecular weight excluding hydrogens is 310 g/mol. The maximum absolute atomic E-state index is 11.9. The van der Waals surface area contributed by atoms with Gasteiger partial charge in [-0.2, -0.15) is 0 Å². The summed E-state index contributed by atoms with van der Waals surface area (Å²) in [6.45, 7) is 1.23. The van der Waals surface area contributed by atoms with Crippen LogP contribution in [0.3, 0.4) is 0 Å². The van der Waals surface area contributed by atoms with Gasteiger partial charge in [0.05, 0.1) is 7.11 Å². The first-order valence-corrected chi connectivity index (χ1v) is 7.20. The number of benzene rings is 2. The maximum Gasteiger partial charge on any atom is 0.262 e. The second-order valence-electron chi connectivity index (χ2n) is 5.00. The summed E-state index contributed by atoms with van der Waals surface area (Å²) < 4.78 is 10.5. The molecule has 0 spiro atoms. The van der Waals surface area contributed by atoms with Gasteiger partial charge in [-0.15, -0.1) is 0 Å². The summed E-state index contributed by atoms with van der Waals surface area (Å²) in [5.41, 5.74) is 1.55. The van der Waals surface area contributed by atoms with Crippen molar-refractivity contribution in [3.05, 3.63) is 53.6 Å². The Morgan fingerprint density at radius 3 is 2.38 bits per heavy atom. The highest BCUT2D eigenvalue weighted by Gasteiger charge is 2.09. The number of aldehydes is 1. The second-order valence-corrected chi connectivity index (χ2v) is 5.00. The number of nitrogens with one attached hydrogen (secondary N) is 1. The third kappa shape index (κ3) is 4.42. The van der Waals surface area contributed by atoms with E-state index in [1.807, 2.05) is 0 Å². The first-order chi connectivity index (χ1) is 11.5. The van der Waals surface area contributed by atoms with Crippen molar-refractivity contribution in [3.8, 4) is 11.5 Å². The van der Waals surface area contributed by atoms with Crippen molar-refractivity contribution in [3.63, 3.8) is 0 Å². The van der Waals surface area contributed by atoms with E-state index in [2.05, 4.69) is 5.32 Å². The van der Waals surface area contributed by atoms with Crippen LogP contribution >= 0.6 is 0 Å². The second kappa shape index (κ2) is 7.92. The molecule has 0 aliphatic heterocycles. The molecular formula is C18H17NO5. The van der Waals surface area contributed by atoms with Gasteiger partial charge in [-0.25, -0.2) is 0 Å². The lowest BCUT2D eigenvalue weighted by atomic mass is 10.1. The molecule has 0 aliphatic carbocycles. The number of rotatable bonds is 7. The van der Waals surface area contributed by atoms with Crippen LogP contribution in [0.15, 0.2) is 42.5 Å². The fraction of sp³-hybridized carbons (Fsp3) is 0.167. The van der Waals surface area contributed by atoms with Crippen LogP contribution in [-0.2, 0) is 4.79 Å². The molecule has 0 fully saturated rings. The molecule has 2 aromatic rings. The Morgan fingerprint density at radius 1 is 1.08 bits per heavy atom. The minimum atomic E-state index is -0.371. The number of carbonyl (C=O) groups excluding carboxylic acids is 3. The lowest BCUT2D eigenvalue weighted by Crippen LogP contribution is -2.20. The molecule has 24 heavy (non-hydrogen) atoms. The molecule has 124 valence electrons. The van der Waals surface area contributed by atoms with Gasteiger partial charge < -0.3 is 14.8 Å². The number of amides is 1. The molecule has 0 radical (unpaired) electrons. The van der Waals surface area contributed by atoms with Gasteiger partial charge in [-0.3, -0.25) is 14.4 Å². The minimum absolute atomic E-state index is 0.0432. The number of hydrogen-bond donors (Lipinski definition) is 1. The van der Waals surface area contributed by atoms with E-state index in [1.165, 1.54) is 20.1 Å². The molecule has 1 N–H and O–H groups in total. The molecule has 0 saturated heterocycles. The minimum Gasteiger partial charge on any atom is -0.493 e. The number of anilines is 1. The molecule has 0 aliphatic rings. The molecule has 1 amide bonds. The number of Topliss-reactive ketones (excluding diaryl/α,β-unsaturated/α-hetero) is 1. The monoisotopic (exact) mass is 327 g/mol. The summed E-state index contributed by atoms with van der Waals surface area (Å²) in [5, 5.41) is 2.66.